The van der Waals surface area contributed by atoms with Gasteiger partial charge in [0.2, 0.25) is 5.43 Å². The number of fused-ring (bicyclic) bond motifs is 1. The van der Waals surface area contributed by atoms with Gasteiger partial charge in [-0.15, -0.1) is 11.3 Å². The number of rotatable bonds is 8. The highest BCUT2D eigenvalue weighted by molar-refractivity contribution is 7.13. The van der Waals surface area contributed by atoms with Crippen molar-refractivity contribution in [2.45, 2.75) is 45.5 Å². The van der Waals surface area contributed by atoms with E-state index in [1.165, 1.54) is 30.7 Å². The number of carbonyl (C=O) groups excluding carboxylic acids is 1. The van der Waals surface area contributed by atoms with Crippen LogP contribution >= 0.6 is 11.3 Å². The third kappa shape index (κ3) is 6.22. The summed E-state index contributed by atoms with van der Waals surface area (Å²) in [5.41, 5.74) is -1.16. The minimum Gasteiger partial charge on any atom is -0.477 e. The van der Waals surface area contributed by atoms with Crippen LogP contribution in [0, 0.1) is 0 Å². The van der Waals surface area contributed by atoms with E-state index in [1.807, 2.05) is 0 Å². The fourth-order valence-corrected chi connectivity index (χ4v) is 6.09. The molecular weight excluding hydrogens is 587 g/mol. The Bertz CT molecular complexity index is 1750. The zero-order chi connectivity index (χ0) is 30.9. The number of nitrogens with zero attached hydrogens (tertiary/aromatic N) is 5. The smallest absolute Gasteiger partial charge is 0.434 e. The molecule has 0 aromatic carbocycles. The lowest BCUT2D eigenvalue weighted by atomic mass is 10.0. The Labute approximate surface area is 247 Å². The predicted octanol–water partition coefficient (Wildman–Crippen LogP) is 4.92. The molecule has 2 amide bonds. The lowest BCUT2D eigenvalue weighted by Crippen LogP contribution is -2.33. The first-order valence-corrected chi connectivity index (χ1v) is 14.5. The Morgan fingerprint density at radius 2 is 1.95 bits per heavy atom. The average Bonchev–Trinajstić information content (AvgIpc) is 3.64. The van der Waals surface area contributed by atoms with E-state index in [1.54, 1.807) is 11.5 Å². The number of aromatic carboxylic acids is 1. The quantitative estimate of drug-likeness (QED) is 0.254. The van der Waals surface area contributed by atoms with Crippen LogP contribution < -0.4 is 16.1 Å². The number of carboxylic acids is 1. The van der Waals surface area contributed by atoms with E-state index in [0.29, 0.717) is 18.6 Å². The van der Waals surface area contributed by atoms with Gasteiger partial charge in [-0.3, -0.25) is 20.0 Å². The number of likely N-dealkylation sites (N-methyl/N-ethyl adjacent to an activating group) is 1. The Kier molecular flexibility index (Phi) is 8.46. The Hall–Kier alpha value is -4.37. The van der Waals surface area contributed by atoms with Crippen molar-refractivity contribution in [3.05, 3.63) is 57.6 Å². The molecule has 5 heterocycles. The lowest BCUT2D eigenvalue weighted by Gasteiger charge is -2.25. The van der Waals surface area contributed by atoms with Crippen molar-refractivity contribution in [3.8, 4) is 21.8 Å². The van der Waals surface area contributed by atoms with Crippen LogP contribution in [0.25, 0.3) is 32.7 Å². The molecule has 3 N–H and O–H groups in total. The van der Waals surface area contributed by atoms with Crippen LogP contribution in [0.3, 0.4) is 0 Å². The molecule has 1 fully saturated rings. The molecule has 0 aliphatic carbocycles. The van der Waals surface area contributed by atoms with Crippen molar-refractivity contribution in [3.63, 3.8) is 0 Å². The second-order valence-corrected chi connectivity index (χ2v) is 10.8. The molecule has 0 spiro atoms. The van der Waals surface area contributed by atoms with Crippen LogP contribution in [0.15, 0.2) is 40.9 Å². The number of aromatic nitrogens is 4. The summed E-state index contributed by atoms with van der Waals surface area (Å²) in [6.45, 7) is 6.34. The largest absolute Gasteiger partial charge is 0.477 e. The topological polar surface area (TPSA) is 142 Å². The maximum Gasteiger partial charge on any atom is 0.434 e. The summed E-state index contributed by atoms with van der Waals surface area (Å²) in [7, 11) is 0. The number of likely N-dealkylation sites (tertiary alicyclic amines) is 1. The molecule has 4 aromatic heterocycles. The minimum atomic E-state index is -4.67. The molecule has 15 heteroatoms. The second-order valence-electron chi connectivity index (χ2n) is 9.98. The van der Waals surface area contributed by atoms with Crippen molar-refractivity contribution >= 4 is 40.1 Å². The normalized spacial score (nSPS) is 15.6. The van der Waals surface area contributed by atoms with Crippen molar-refractivity contribution in [1.29, 1.82) is 0 Å². The van der Waals surface area contributed by atoms with Gasteiger partial charge in [0.15, 0.2) is 5.69 Å². The standard InChI is InChI=1S/C28H28F3N7O4S/c1-3-32-27(42)36-23-9-16(25-35-22(14-43-25)28(29,30)31)18(10-34-23)20-8-17-21(11-33-20)38(13-19(24(17)39)26(40)41)12-15-6-5-7-37(15)4-2/h8-11,13-15H,3-7,12H2,1-2H3,(H,40,41)(H2,32,34,36,42)/t15-/m0/s1. The van der Waals surface area contributed by atoms with E-state index >= 15 is 0 Å². The van der Waals surface area contributed by atoms with Gasteiger partial charge in [-0.25, -0.2) is 19.6 Å². The van der Waals surface area contributed by atoms with Gasteiger partial charge >= 0.3 is 18.2 Å². The maximum absolute atomic E-state index is 13.4. The summed E-state index contributed by atoms with van der Waals surface area (Å²) < 4.78 is 41.9. The second kappa shape index (κ2) is 12.1. The molecule has 1 aliphatic rings. The van der Waals surface area contributed by atoms with E-state index in [9.17, 15) is 32.7 Å². The monoisotopic (exact) mass is 615 g/mol. The van der Waals surface area contributed by atoms with Crippen molar-refractivity contribution < 1.29 is 27.9 Å². The molecule has 1 aliphatic heterocycles. The number of amides is 2. The van der Waals surface area contributed by atoms with E-state index in [0.717, 1.165) is 42.6 Å². The van der Waals surface area contributed by atoms with E-state index < -0.39 is 34.9 Å². The van der Waals surface area contributed by atoms with Gasteiger partial charge in [0.05, 0.1) is 22.8 Å². The van der Waals surface area contributed by atoms with E-state index in [-0.39, 0.29) is 39.1 Å². The van der Waals surface area contributed by atoms with Crippen LogP contribution in [-0.2, 0) is 12.7 Å². The Balaban J connectivity index is 1.65. The average molecular weight is 616 g/mol. The number of carboxylic acid groups (broad SMARTS) is 1. The van der Waals surface area contributed by atoms with E-state index in [4.69, 9.17) is 0 Å². The van der Waals surface area contributed by atoms with Crippen molar-refractivity contribution in [1.82, 2.24) is 29.7 Å². The lowest BCUT2D eigenvalue weighted by molar-refractivity contribution is -0.140. The van der Waals surface area contributed by atoms with Gasteiger partial charge in [-0.1, -0.05) is 6.92 Å². The maximum atomic E-state index is 13.4. The number of hydrogen-bond acceptors (Lipinski definition) is 8. The number of urea groups is 1. The fourth-order valence-electron chi connectivity index (χ4n) is 5.24. The predicted molar refractivity (Wildman–Crippen MR) is 155 cm³/mol. The number of carbonyl (C=O) groups is 2. The zero-order valence-electron chi connectivity index (χ0n) is 23.2. The minimum absolute atomic E-state index is 0.0110. The number of nitrogens with one attached hydrogen (secondary N) is 2. The number of hydrogen-bond donors (Lipinski definition) is 3. The van der Waals surface area contributed by atoms with Gasteiger partial charge in [0, 0.05) is 48.0 Å². The van der Waals surface area contributed by atoms with Crippen molar-refractivity contribution in [2.75, 3.05) is 25.0 Å². The molecule has 43 heavy (non-hydrogen) atoms. The molecule has 4 aromatic rings. The molecule has 0 saturated carbocycles. The van der Waals surface area contributed by atoms with Gasteiger partial charge in [-0.2, -0.15) is 13.2 Å². The number of alkyl halides is 3. The molecule has 0 unspecified atom stereocenters. The fraction of sp³-hybridized carbons (Fsp3) is 0.357. The highest BCUT2D eigenvalue weighted by atomic mass is 32.1. The van der Waals surface area contributed by atoms with Crippen LogP contribution in [0.1, 0.15) is 42.7 Å². The summed E-state index contributed by atoms with van der Waals surface area (Å²) in [6.07, 6.45) is 1.38. The molecule has 5 rings (SSSR count). The summed E-state index contributed by atoms with van der Waals surface area (Å²) in [5, 5.41) is 15.8. The van der Waals surface area contributed by atoms with Gasteiger partial charge in [-0.05, 0) is 45.0 Å². The molecule has 1 saturated heterocycles. The van der Waals surface area contributed by atoms with Crippen LogP contribution in [0.4, 0.5) is 23.8 Å². The number of pyridine rings is 3. The molecule has 0 radical (unpaired) electrons. The molecule has 226 valence electrons. The third-order valence-electron chi connectivity index (χ3n) is 7.29. The van der Waals surface area contributed by atoms with Crippen LogP contribution in [0.5, 0.6) is 0 Å². The van der Waals surface area contributed by atoms with Gasteiger partial charge < -0.3 is 15.0 Å². The summed E-state index contributed by atoms with van der Waals surface area (Å²) in [6, 6.07) is 2.40. The highest BCUT2D eigenvalue weighted by Gasteiger charge is 2.34. The summed E-state index contributed by atoms with van der Waals surface area (Å²) in [5.74, 6) is -1.31. The number of halogens is 3. The molecule has 0 bridgehead atoms. The summed E-state index contributed by atoms with van der Waals surface area (Å²) >= 11 is 0.749. The zero-order valence-corrected chi connectivity index (χ0v) is 24.1. The Morgan fingerprint density at radius 1 is 1.16 bits per heavy atom. The molecular formula is C28H28F3N7O4S. The van der Waals surface area contributed by atoms with Crippen molar-refractivity contribution in [2.24, 2.45) is 0 Å². The van der Waals surface area contributed by atoms with Crippen LogP contribution in [-0.4, -0.2) is 67.2 Å². The number of anilines is 1. The van der Waals surface area contributed by atoms with Crippen LogP contribution in [0.2, 0.25) is 0 Å². The van der Waals surface area contributed by atoms with Gasteiger partial charge in [0.1, 0.15) is 16.4 Å². The summed E-state index contributed by atoms with van der Waals surface area (Å²) in [4.78, 5) is 52.3. The van der Waals surface area contributed by atoms with E-state index in [2.05, 4.69) is 37.4 Å². The molecule has 11 nitrogen and oxygen atoms in total. The van der Waals surface area contributed by atoms with Gasteiger partial charge in [0.25, 0.3) is 0 Å². The Morgan fingerprint density at radius 3 is 2.63 bits per heavy atom. The SMILES string of the molecule is CCNC(=O)Nc1cc(-c2nc(C(F)(F)F)cs2)c(-c2cc3c(=O)c(C(=O)O)cn(C[C@@H]4CCCN4CC)c3cn2)cn1. The number of thiazole rings is 1. The first kappa shape index (κ1) is 30.1. The third-order valence-corrected chi connectivity index (χ3v) is 8.17. The molecule has 1 atom stereocenters. The highest BCUT2D eigenvalue weighted by Crippen LogP contribution is 2.38. The first-order chi connectivity index (χ1) is 20.5. The first-order valence-electron chi connectivity index (χ1n) is 13.6.